The molecule has 10 heteroatoms. The van der Waals surface area contributed by atoms with E-state index in [9.17, 15) is 34.8 Å². The van der Waals surface area contributed by atoms with Crippen LogP contribution in [0, 0.1) is 5.75 Å². The Morgan fingerprint density at radius 2 is 1.32 bits per heavy atom. The largest absolute Gasteiger partial charge is 1.00 e. The maximum Gasteiger partial charge on any atom is 1.00 e. The van der Waals surface area contributed by atoms with Gasteiger partial charge in [-0.15, -0.1) is 12.1 Å². The smallest absolute Gasteiger partial charge is 0.228 e. The van der Waals surface area contributed by atoms with Crippen LogP contribution in [0.1, 0.15) is 11.1 Å². The van der Waals surface area contributed by atoms with E-state index in [1.54, 1.807) is 0 Å². The van der Waals surface area contributed by atoms with E-state index < -0.39 is 32.6 Å². The number of benzene rings is 1. The van der Waals surface area contributed by atoms with E-state index >= 15 is 0 Å². The van der Waals surface area contributed by atoms with Crippen molar-refractivity contribution in [2.45, 2.75) is 11.7 Å². The predicted molar refractivity (Wildman–Crippen MR) is 49.8 cm³/mol. The van der Waals surface area contributed by atoms with Crippen LogP contribution in [0.5, 0.6) is 0 Å². The molecule has 0 saturated carbocycles. The Balaban J connectivity index is 0.00000324. The molecule has 0 unspecified atom stereocenters. The van der Waals surface area contributed by atoms with Gasteiger partial charge in [0.1, 0.15) is 0 Å². The van der Waals surface area contributed by atoms with Crippen LogP contribution in [0.3, 0.4) is 0 Å². The van der Waals surface area contributed by atoms with Gasteiger partial charge in [-0.2, -0.15) is 44.0 Å². The zero-order valence-electron chi connectivity index (χ0n) is 9.38. The van der Waals surface area contributed by atoms with Crippen molar-refractivity contribution in [3.05, 3.63) is 41.1 Å². The molecular weight excluding hydrogens is 293 g/mol. The molecular formula is C9H5F6LiO2S. The Labute approximate surface area is 116 Å². The predicted octanol–water partition coefficient (Wildman–Crippen LogP) is 0.154. The van der Waals surface area contributed by atoms with Gasteiger partial charge in [0.05, 0.1) is 0 Å². The average molecular weight is 298 g/mol. The molecule has 19 heavy (non-hydrogen) atoms. The molecule has 102 valence electrons. The molecule has 0 N–H and O–H groups in total. The van der Waals surface area contributed by atoms with Gasteiger partial charge in [-0.3, -0.25) is 0 Å². The van der Waals surface area contributed by atoms with Crippen molar-refractivity contribution in [1.29, 1.82) is 0 Å². The molecule has 0 aliphatic carbocycles. The van der Waals surface area contributed by atoms with Crippen molar-refractivity contribution in [2.24, 2.45) is 0 Å². The third-order valence-electron chi connectivity index (χ3n) is 1.85. The molecule has 0 aliphatic rings. The summed E-state index contributed by atoms with van der Waals surface area (Å²) in [4.78, 5) is 0. The molecule has 0 heterocycles. The van der Waals surface area contributed by atoms with Crippen LogP contribution in [0.25, 0.3) is 0 Å². The summed E-state index contributed by atoms with van der Waals surface area (Å²) in [6.07, 6.45) is -4.64. The number of hydrogen-bond acceptors (Lipinski definition) is 2. The molecule has 0 amide bonds. The van der Waals surface area contributed by atoms with Gasteiger partial charge in [0, 0.05) is 5.56 Å². The number of alkyl halides is 6. The van der Waals surface area contributed by atoms with E-state index in [1.807, 2.05) is 0 Å². The quantitative estimate of drug-likeness (QED) is 0.443. The molecule has 0 bridgehead atoms. The molecule has 0 spiro atoms. The van der Waals surface area contributed by atoms with E-state index in [0.29, 0.717) is 24.3 Å². The van der Waals surface area contributed by atoms with E-state index in [4.69, 9.17) is 0 Å². The summed E-state index contributed by atoms with van der Waals surface area (Å²) in [5, 5.41) is 0. The summed E-state index contributed by atoms with van der Waals surface area (Å²) in [6.45, 7) is 0. The average Bonchev–Trinajstić information content (AvgIpc) is 2.14. The van der Waals surface area contributed by atoms with E-state index in [0.717, 1.165) is 0 Å². The second kappa shape index (κ2) is 5.69. The van der Waals surface area contributed by atoms with Gasteiger partial charge < -0.3 is 0 Å². The molecule has 1 aromatic carbocycles. The fourth-order valence-corrected chi connectivity index (χ4v) is 1.65. The van der Waals surface area contributed by atoms with Gasteiger partial charge in [-0.1, -0.05) is 5.75 Å². The van der Waals surface area contributed by atoms with Crippen molar-refractivity contribution in [2.75, 3.05) is 0 Å². The minimum atomic E-state index is -5.51. The zero-order valence-corrected chi connectivity index (χ0v) is 10.2. The van der Waals surface area contributed by atoms with Crippen molar-refractivity contribution in [3.63, 3.8) is 0 Å². The molecule has 0 saturated heterocycles. The van der Waals surface area contributed by atoms with Crippen LogP contribution < -0.4 is 18.9 Å². The Morgan fingerprint density at radius 1 is 0.895 bits per heavy atom. The summed E-state index contributed by atoms with van der Waals surface area (Å²) in [5.74, 6) is -0.132. The van der Waals surface area contributed by atoms with Crippen LogP contribution in [-0.2, 0) is 16.0 Å². The van der Waals surface area contributed by atoms with Crippen LogP contribution in [0.2, 0.25) is 0 Å². The first kappa shape index (κ1) is 18.2. The van der Waals surface area contributed by atoms with Crippen molar-refractivity contribution in [1.82, 2.24) is 0 Å². The maximum absolute atomic E-state index is 12.1. The number of rotatable bonds is 2. The van der Waals surface area contributed by atoms with Gasteiger partial charge in [-0.05, 0) is 0 Å². The van der Waals surface area contributed by atoms with Crippen molar-refractivity contribution in [3.8, 4) is 0 Å². The first-order chi connectivity index (χ1) is 7.93. The van der Waals surface area contributed by atoms with E-state index in [-0.39, 0.29) is 24.6 Å². The van der Waals surface area contributed by atoms with Gasteiger partial charge in [-0.25, -0.2) is 8.42 Å². The standard InChI is InChI=1S/C9H5F6O2S.Li/c10-8(11,12)7-3-1-6(2-4-7)5-18(16,17)9(13,14)15;/h1-5H;/q-1;+1. The number of halogens is 6. The Kier molecular flexibility index (Phi) is 5.45. The van der Waals surface area contributed by atoms with E-state index in [1.165, 1.54) is 0 Å². The summed E-state index contributed by atoms with van der Waals surface area (Å²) in [7, 11) is -5.51. The Morgan fingerprint density at radius 3 is 1.63 bits per heavy atom. The molecule has 0 aromatic heterocycles. The Bertz CT molecular complexity index is 517. The van der Waals surface area contributed by atoms with Crippen LogP contribution in [0.4, 0.5) is 26.3 Å². The van der Waals surface area contributed by atoms with Gasteiger partial charge in [0.15, 0.2) is 0 Å². The number of sulfone groups is 1. The van der Waals surface area contributed by atoms with Crippen molar-refractivity contribution >= 4 is 9.84 Å². The zero-order chi connectivity index (χ0) is 14.2. The fraction of sp³-hybridized carbons (Fsp3) is 0.222. The van der Waals surface area contributed by atoms with Crippen LogP contribution in [-0.4, -0.2) is 13.9 Å². The molecule has 2 nitrogen and oxygen atoms in total. The minimum Gasteiger partial charge on any atom is -0.228 e. The fourth-order valence-electron chi connectivity index (χ4n) is 0.997. The Hall–Kier alpha value is -0.783. The third-order valence-corrected chi connectivity index (χ3v) is 3.08. The van der Waals surface area contributed by atoms with Crippen molar-refractivity contribution < 1.29 is 53.6 Å². The maximum atomic E-state index is 12.1. The first-order valence-corrected chi connectivity index (χ1v) is 5.81. The second-order valence-corrected chi connectivity index (χ2v) is 5.02. The molecule has 0 radical (unpaired) electrons. The normalized spacial score (nSPS) is 12.7. The summed E-state index contributed by atoms with van der Waals surface area (Å²) >= 11 is 0. The molecule has 0 atom stereocenters. The molecule has 1 rings (SSSR count). The van der Waals surface area contributed by atoms with Gasteiger partial charge in [0.25, 0.3) is 0 Å². The topological polar surface area (TPSA) is 34.1 Å². The molecule has 0 aliphatic heterocycles. The summed E-state index contributed by atoms with van der Waals surface area (Å²) < 4.78 is 93.8. The molecule has 1 aromatic rings. The van der Waals surface area contributed by atoms with Crippen LogP contribution >= 0.6 is 0 Å². The van der Waals surface area contributed by atoms with Crippen LogP contribution in [0.15, 0.2) is 24.3 Å². The second-order valence-electron chi connectivity index (χ2n) is 3.23. The van der Waals surface area contributed by atoms with E-state index in [2.05, 4.69) is 0 Å². The third kappa shape index (κ3) is 4.67. The SMILES string of the molecule is O=S(=O)([CH-]c1ccc(C(F)(F)F)cc1)C(F)(F)F.[Li+]. The van der Waals surface area contributed by atoms with Gasteiger partial charge in [0.2, 0.25) is 9.84 Å². The first-order valence-electron chi connectivity index (χ1n) is 4.27. The number of hydrogen-bond donors (Lipinski definition) is 0. The summed E-state index contributed by atoms with van der Waals surface area (Å²) in [5.41, 5.74) is -7.04. The van der Waals surface area contributed by atoms with Gasteiger partial charge >= 0.3 is 30.5 Å². The minimum absolute atomic E-state index is 0. The molecule has 0 fully saturated rings. The monoisotopic (exact) mass is 298 g/mol. The summed E-state index contributed by atoms with van der Waals surface area (Å²) in [6, 6.07) is 2.29.